The summed E-state index contributed by atoms with van der Waals surface area (Å²) < 4.78 is 0. The SMILES string of the molecule is C=Cc1cc(/C=C/c2cc3c(cc2SC)=CCCC=3)c(SC)cc1C=C. The topological polar surface area (TPSA) is 0 Å². The van der Waals surface area contributed by atoms with Crippen molar-refractivity contribution in [2.45, 2.75) is 22.6 Å². The fourth-order valence-electron chi connectivity index (χ4n) is 3.24. The van der Waals surface area contributed by atoms with Gasteiger partial charge in [0.05, 0.1) is 0 Å². The van der Waals surface area contributed by atoms with Crippen molar-refractivity contribution in [3.63, 3.8) is 0 Å². The quantitative estimate of drug-likeness (QED) is 0.452. The van der Waals surface area contributed by atoms with Gasteiger partial charge in [-0.2, -0.15) is 0 Å². The minimum atomic E-state index is 1.12. The summed E-state index contributed by atoms with van der Waals surface area (Å²) in [5.41, 5.74) is 4.75. The van der Waals surface area contributed by atoms with E-state index in [9.17, 15) is 0 Å². The number of benzene rings is 2. The largest absolute Gasteiger partial charge is 0.129 e. The predicted molar refractivity (Wildman–Crippen MR) is 123 cm³/mol. The maximum absolute atomic E-state index is 3.94. The lowest BCUT2D eigenvalue weighted by atomic mass is 10.0. The van der Waals surface area contributed by atoms with E-state index in [1.165, 1.54) is 31.4 Å². The van der Waals surface area contributed by atoms with Crippen LogP contribution in [-0.2, 0) is 0 Å². The summed E-state index contributed by atoms with van der Waals surface area (Å²) in [5, 5.41) is 2.72. The van der Waals surface area contributed by atoms with E-state index in [2.05, 4.69) is 74.2 Å². The van der Waals surface area contributed by atoms with Crippen LogP contribution in [0.5, 0.6) is 0 Å². The van der Waals surface area contributed by atoms with E-state index >= 15 is 0 Å². The molecule has 0 saturated heterocycles. The van der Waals surface area contributed by atoms with Gasteiger partial charge in [0.25, 0.3) is 0 Å². The van der Waals surface area contributed by atoms with E-state index in [-0.39, 0.29) is 0 Å². The van der Waals surface area contributed by atoms with Gasteiger partial charge in [-0.1, -0.05) is 49.6 Å². The van der Waals surface area contributed by atoms with Crippen molar-refractivity contribution in [1.82, 2.24) is 0 Å². The minimum Gasteiger partial charge on any atom is -0.129 e. The highest BCUT2D eigenvalue weighted by atomic mass is 32.2. The lowest BCUT2D eigenvalue weighted by molar-refractivity contribution is 1.11. The van der Waals surface area contributed by atoms with E-state index in [0.717, 1.165) is 24.0 Å². The van der Waals surface area contributed by atoms with E-state index in [1.54, 1.807) is 11.8 Å². The second-order valence-electron chi connectivity index (χ2n) is 6.17. The molecular formula is C24H24S2. The average Bonchev–Trinajstić information content (AvgIpc) is 2.70. The van der Waals surface area contributed by atoms with Crippen LogP contribution in [0.2, 0.25) is 0 Å². The first-order chi connectivity index (χ1) is 12.7. The number of hydrogen-bond donors (Lipinski definition) is 0. The van der Waals surface area contributed by atoms with Crippen LogP contribution in [0.15, 0.2) is 47.2 Å². The Morgan fingerprint density at radius 3 is 1.77 bits per heavy atom. The molecule has 2 aromatic carbocycles. The van der Waals surface area contributed by atoms with Crippen LogP contribution in [0.3, 0.4) is 0 Å². The van der Waals surface area contributed by atoms with E-state index < -0.39 is 0 Å². The molecular weight excluding hydrogens is 352 g/mol. The average molecular weight is 377 g/mol. The molecule has 0 aliphatic heterocycles. The first-order valence-electron chi connectivity index (χ1n) is 8.73. The first kappa shape index (κ1) is 18.9. The van der Waals surface area contributed by atoms with Crippen LogP contribution in [0.4, 0.5) is 0 Å². The standard InChI is InChI=1S/C24H24S2/c1-5-17-13-21(23(25-3)15-18(17)6-2)11-12-22-14-19-9-7-8-10-20(19)16-24(22)26-4/h5-6,9-16H,1-2,7-8H2,3-4H3/b12-11+. The Morgan fingerprint density at radius 1 is 0.692 bits per heavy atom. The zero-order chi connectivity index (χ0) is 18.5. The maximum atomic E-state index is 3.94. The molecule has 26 heavy (non-hydrogen) atoms. The molecule has 0 aromatic heterocycles. The normalized spacial score (nSPS) is 13.0. The molecule has 0 spiro atoms. The fraction of sp³-hybridized carbons (Fsp3) is 0.167. The molecule has 3 rings (SSSR count). The van der Waals surface area contributed by atoms with Gasteiger partial charge in [-0.05, 0) is 82.3 Å². The highest BCUT2D eigenvalue weighted by molar-refractivity contribution is 7.98. The lowest BCUT2D eigenvalue weighted by Crippen LogP contribution is -2.27. The van der Waals surface area contributed by atoms with Crippen molar-refractivity contribution < 1.29 is 0 Å². The van der Waals surface area contributed by atoms with Crippen LogP contribution in [-0.4, -0.2) is 12.5 Å². The molecule has 0 fully saturated rings. The third-order valence-electron chi connectivity index (χ3n) is 4.65. The summed E-state index contributed by atoms with van der Waals surface area (Å²) in [6.45, 7) is 7.86. The first-order valence-corrected chi connectivity index (χ1v) is 11.2. The number of thioether (sulfide) groups is 2. The van der Waals surface area contributed by atoms with Crippen molar-refractivity contribution in [1.29, 1.82) is 0 Å². The Balaban J connectivity index is 2.08. The number of fused-ring (bicyclic) bond motifs is 1. The molecule has 2 aromatic rings. The second-order valence-corrected chi connectivity index (χ2v) is 7.87. The van der Waals surface area contributed by atoms with Crippen molar-refractivity contribution >= 4 is 60.0 Å². The molecule has 0 radical (unpaired) electrons. The maximum Gasteiger partial charge on any atom is 0.0148 e. The monoisotopic (exact) mass is 376 g/mol. The third kappa shape index (κ3) is 3.92. The zero-order valence-electron chi connectivity index (χ0n) is 15.4. The van der Waals surface area contributed by atoms with Crippen LogP contribution in [0.1, 0.15) is 35.1 Å². The molecule has 0 N–H and O–H groups in total. The van der Waals surface area contributed by atoms with Gasteiger partial charge in [0.2, 0.25) is 0 Å². The Hall–Kier alpha value is -1.90. The number of hydrogen-bond acceptors (Lipinski definition) is 2. The van der Waals surface area contributed by atoms with Gasteiger partial charge in [-0.15, -0.1) is 23.5 Å². The van der Waals surface area contributed by atoms with Crippen molar-refractivity contribution in [3.8, 4) is 0 Å². The molecule has 0 unspecified atom stereocenters. The number of rotatable bonds is 6. The highest BCUT2D eigenvalue weighted by Gasteiger charge is 2.06. The molecule has 0 nitrogen and oxygen atoms in total. The van der Waals surface area contributed by atoms with Crippen LogP contribution < -0.4 is 10.4 Å². The molecule has 0 atom stereocenters. The third-order valence-corrected chi connectivity index (χ3v) is 6.23. The molecule has 0 bridgehead atoms. The van der Waals surface area contributed by atoms with Crippen LogP contribution in [0, 0.1) is 0 Å². The summed E-state index contributed by atoms with van der Waals surface area (Å²) >= 11 is 3.57. The summed E-state index contributed by atoms with van der Waals surface area (Å²) in [7, 11) is 0. The minimum absolute atomic E-state index is 1.12. The highest BCUT2D eigenvalue weighted by Crippen LogP contribution is 2.28. The van der Waals surface area contributed by atoms with Gasteiger partial charge in [0, 0.05) is 9.79 Å². The Bertz CT molecular complexity index is 994. The molecule has 1 aliphatic carbocycles. The Morgan fingerprint density at radius 2 is 1.19 bits per heavy atom. The van der Waals surface area contributed by atoms with E-state index in [4.69, 9.17) is 0 Å². The van der Waals surface area contributed by atoms with Crippen LogP contribution >= 0.6 is 23.5 Å². The van der Waals surface area contributed by atoms with Crippen molar-refractivity contribution in [2.75, 3.05) is 12.5 Å². The molecule has 0 amide bonds. The predicted octanol–water partition coefficient (Wildman–Crippen LogP) is 5.94. The second kappa shape index (κ2) is 8.66. The van der Waals surface area contributed by atoms with E-state index in [0.29, 0.717) is 0 Å². The summed E-state index contributed by atoms with van der Waals surface area (Å²) in [4.78, 5) is 2.58. The Kier molecular flexibility index (Phi) is 6.29. The molecule has 1 aliphatic rings. The lowest BCUT2D eigenvalue weighted by Gasteiger charge is -2.10. The smallest absolute Gasteiger partial charge is 0.0148 e. The van der Waals surface area contributed by atoms with Gasteiger partial charge in [0.1, 0.15) is 0 Å². The van der Waals surface area contributed by atoms with Crippen molar-refractivity contribution in [3.05, 3.63) is 70.1 Å². The molecule has 132 valence electrons. The molecule has 0 heterocycles. The Labute approximate surface area is 165 Å². The van der Waals surface area contributed by atoms with Gasteiger partial charge < -0.3 is 0 Å². The van der Waals surface area contributed by atoms with Gasteiger partial charge in [-0.25, -0.2) is 0 Å². The fourth-order valence-corrected chi connectivity index (χ4v) is 4.45. The van der Waals surface area contributed by atoms with Gasteiger partial charge >= 0.3 is 0 Å². The van der Waals surface area contributed by atoms with E-state index in [1.807, 2.05) is 23.9 Å². The van der Waals surface area contributed by atoms with Crippen molar-refractivity contribution in [2.24, 2.45) is 0 Å². The summed E-state index contributed by atoms with van der Waals surface area (Å²) in [6.07, 6.45) is 19.5. The molecule has 0 saturated carbocycles. The molecule has 2 heteroatoms. The van der Waals surface area contributed by atoms with Crippen LogP contribution in [0.25, 0.3) is 36.5 Å². The summed E-state index contributed by atoms with van der Waals surface area (Å²) in [6, 6.07) is 9.03. The van der Waals surface area contributed by atoms with Gasteiger partial charge in [0.15, 0.2) is 0 Å². The zero-order valence-corrected chi connectivity index (χ0v) is 17.1. The van der Waals surface area contributed by atoms with Gasteiger partial charge in [-0.3, -0.25) is 0 Å². The summed E-state index contributed by atoms with van der Waals surface area (Å²) in [5.74, 6) is 0.